The van der Waals surface area contributed by atoms with Gasteiger partial charge in [-0.3, -0.25) is 4.79 Å². The summed E-state index contributed by atoms with van der Waals surface area (Å²) in [6, 6.07) is 6.15. The van der Waals surface area contributed by atoms with E-state index in [1.165, 1.54) is 36.7 Å². The molecule has 1 aromatic carbocycles. The topological polar surface area (TPSA) is 49.3 Å². The molecule has 0 heterocycles. The molecule has 1 aliphatic carbocycles. The van der Waals surface area contributed by atoms with Crippen LogP contribution in [0.3, 0.4) is 0 Å². The molecule has 1 fully saturated rings. The number of nitrogens with one attached hydrogen (secondary N) is 1. The van der Waals surface area contributed by atoms with Gasteiger partial charge in [0.15, 0.2) is 0 Å². The maximum Gasteiger partial charge on any atom is 0.230 e. The van der Waals surface area contributed by atoms with Crippen molar-refractivity contribution in [2.75, 3.05) is 18.9 Å². The minimum atomic E-state index is -0.267. The number of benzene rings is 1. The molecular formula is C16H22FNO2S. The summed E-state index contributed by atoms with van der Waals surface area (Å²) in [5.74, 6) is 0.775. The van der Waals surface area contributed by atoms with Crippen molar-refractivity contribution < 1.29 is 14.3 Å². The molecule has 2 atom stereocenters. The largest absolute Gasteiger partial charge is 0.396 e. The third-order valence-electron chi connectivity index (χ3n) is 4.05. The molecule has 0 saturated heterocycles. The number of hydrogen-bond donors (Lipinski definition) is 2. The first-order valence-electron chi connectivity index (χ1n) is 7.45. The van der Waals surface area contributed by atoms with Crippen molar-refractivity contribution in [3.8, 4) is 0 Å². The predicted octanol–water partition coefficient (Wildman–Crippen LogP) is 2.83. The van der Waals surface area contributed by atoms with E-state index in [0.717, 1.165) is 17.7 Å². The molecule has 1 aliphatic rings. The van der Waals surface area contributed by atoms with Crippen LogP contribution >= 0.6 is 11.8 Å². The number of carbonyl (C=O) groups excluding carboxylic acids is 1. The summed E-state index contributed by atoms with van der Waals surface area (Å²) in [5, 5.41) is 12.3. The Balaban J connectivity index is 1.70. The number of aliphatic hydroxyl groups is 1. The van der Waals surface area contributed by atoms with Crippen molar-refractivity contribution in [3.05, 3.63) is 30.1 Å². The van der Waals surface area contributed by atoms with Gasteiger partial charge in [0.1, 0.15) is 5.82 Å². The van der Waals surface area contributed by atoms with Gasteiger partial charge in [-0.2, -0.15) is 0 Å². The van der Waals surface area contributed by atoms with Gasteiger partial charge in [-0.1, -0.05) is 12.8 Å². The minimum absolute atomic E-state index is 0.00779. The van der Waals surface area contributed by atoms with E-state index in [0.29, 0.717) is 24.1 Å². The second-order valence-electron chi connectivity index (χ2n) is 5.53. The van der Waals surface area contributed by atoms with Crippen molar-refractivity contribution in [2.45, 2.75) is 30.6 Å². The summed E-state index contributed by atoms with van der Waals surface area (Å²) in [6.07, 6.45) is 4.50. The highest BCUT2D eigenvalue weighted by Crippen LogP contribution is 2.29. The Hall–Kier alpha value is -1.07. The van der Waals surface area contributed by atoms with Crippen LogP contribution in [0.1, 0.15) is 25.7 Å². The number of thioether (sulfide) groups is 1. The Bertz CT molecular complexity index is 452. The van der Waals surface area contributed by atoms with Gasteiger partial charge in [0.05, 0.1) is 5.75 Å². The number of halogens is 1. The highest BCUT2D eigenvalue weighted by molar-refractivity contribution is 8.00. The normalized spacial score (nSPS) is 22.0. The van der Waals surface area contributed by atoms with Crippen LogP contribution in [0.4, 0.5) is 4.39 Å². The fourth-order valence-electron chi connectivity index (χ4n) is 2.77. The SMILES string of the molecule is O=C(CSc1ccc(F)cc1)NCC1CCCCC1CO. The lowest BCUT2D eigenvalue weighted by atomic mass is 9.79. The molecule has 0 radical (unpaired) electrons. The predicted molar refractivity (Wildman–Crippen MR) is 82.7 cm³/mol. The Morgan fingerprint density at radius 1 is 1.24 bits per heavy atom. The van der Waals surface area contributed by atoms with Crippen molar-refractivity contribution in [3.63, 3.8) is 0 Å². The molecule has 2 rings (SSSR count). The number of hydrogen-bond acceptors (Lipinski definition) is 3. The van der Waals surface area contributed by atoms with Gasteiger partial charge < -0.3 is 10.4 Å². The van der Waals surface area contributed by atoms with E-state index >= 15 is 0 Å². The fraction of sp³-hybridized carbons (Fsp3) is 0.562. The number of rotatable bonds is 6. The van der Waals surface area contributed by atoms with E-state index < -0.39 is 0 Å². The van der Waals surface area contributed by atoms with E-state index in [1.807, 2.05) is 0 Å². The van der Waals surface area contributed by atoms with Crippen LogP contribution in [0, 0.1) is 17.7 Å². The molecule has 0 aromatic heterocycles. The monoisotopic (exact) mass is 311 g/mol. The first-order chi connectivity index (χ1) is 10.2. The van der Waals surface area contributed by atoms with Crippen molar-refractivity contribution in [1.29, 1.82) is 0 Å². The lowest BCUT2D eigenvalue weighted by Gasteiger charge is -2.30. The summed E-state index contributed by atoms with van der Waals surface area (Å²) in [4.78, 5) is 12.7. The van der Waals surface area contributed by atoms with Crippen molar-refractivity contribution in [2.24, 2.45) is 11.8 Å². The van der Waals surface area contributed by atoms with Crippen molar-refractivity contribution >= 4 is 17.7 Å². The zero-order chi connectivity index (χ0) is 15.1. The van der Waals surface area contributed by atoms with Gasteiger partial charge in [-0.05, 0) is 48.9 Å². The first-order valence-corrected chi connectivity index (χ1v) is 8.43. The average molecular weight is 311 g/mol. The molecule has 21 heavy (non-hydrogen) atoms. The second-order valence-corrected chi connectivity index (χ2v) is 6.58. The fourth-order valence-corrected chi connectivity index (χ4v) is 3.50. The molecule has 5 heteroatoms. The molecule has 1 saturated carbocycles. The quantitative estimate of drug-likeness (QED) is 0.794. The molecule has 0 spiro atoms. The summed E-state index contributed by atoms with van der Waals surface area (Å²) < 4.78 is 12.8. The van der Waals surface area contributed by atoms with Crippen LogP contribution in [-0.2, 0) is 4.79 Å². The van der Waals surface area contributed by atoms with E-state index in [-0.39, 0.29) is 18.3 Å². The van der Waals surface area contributed by atoms with Crippen LogP contribution in [0.25, 0.3) is 0 Å². The summed E-state index contributed by atoms with van der Waals surface area (Å²) >= 11 is 1.40. The minimum Gasteiger partial charge on any atom is -0.396 e. The standard InChI is InChI=1S/C16H22FNO2S/c17-14-5-7-15(8-6-14)21-11-16(20)18-9-12-3-1-2-4-13(12)10-19/h5-8,12-13,19H,1-4,9-11H2,(H,18,20). The highest BCUT2D eigenvalue weighted by Gasteiger charge is 2.24. The molecule has 1 amide bonds. The van der Waals surface area contributed by atoms with Crippen LogP contribution in [0.5, 0.6) is 0 Å². The van der Waals surface area contributed by atoms with Crippen LogP contribution in [0.15, 0.2) is 29.2 Å². The van der Waals surface area contributed by atoms with Gasteiger partial charge in [-0.25, -0.2) is 4.39 Å². The molecular weight excluding hydrogens is 289 g/mol. The Morgan fingerprint density at radius 2 is 1.90 bits per heavy atom. The molecule has 2 unspecified atom stereocenters. The van der Waals surface area contributed by atoms with Gasteiger partial charge in [0.2, 0.25) is 5.91 Å². The third kappa shape index (κ3) is 5.32. The van der Waals surface area contributed by atoms with E-state index in [1.54, 1.807) is 12.1 Å². The average Bonchev–Trinajstić information content (AvgIpc) is 2.52. The summed E-state index contributed by atoms with van der Waals surface area (Å²) in [7, 11) is 0. The molecule has 0 bridgehead atoms. The van der Waals surface area contributed by atoms with Crippen LogP contribution in [-0.4, -0.2) is 29.9 Å². The Labute approximate surface area is 129 Å². The van der Waals surface area contributed by atoms with Crippen molar-refractivity contribution in [1.82, 2.24) is 5.32 Å². The molecule has 3 nitrogen and oxygen atoms in total. The maximum absolute atomic E-state index is 12.8. The Morgan fingerprint density at radius 3 is 2.57 bits per heavy atom. The molecule has 0 aliphatic heterocycles. The zero-order valence-corrected chi connectivity index (χ0v) is 12.9. The summed E-state index contributed by atoms with van der Waals surface area (Å²) in [5.41, 5.74) is 0. The lowest BCUT2D eigenvalue weighted by molar-refractivity contribution is -0.118. The first kappa shape index (κ1) is 16.3. The number of aliphatic hydroxyl groups excluding tert-OH is 1. The van der Waals surface area contributed by atoms with E-state index in [9.17, 15) is 14.3 Å². The third-order valence-corrected chi connectivity index (χ3v) is 5.06. The van der Waals surface area contributed by atoms with E-state index in [4.69, 9.17) is 0 Å². The van der Waals surface area contributed by atoms with Crippen LogP contribution < -0.4 is 5.32 Å². The van der Waals surface area contributed by atoms with Gasteiger partial charge in [0, 0.05) is 18.0 Å². The van der Waals surface area contributed by atoms with Crippen LogP contribution in [0.2, 0.25) is 0 Å². The zero-order valence-electron chi connectivity index (χ0n) is 12.1. The smallest absolute Gasteiger partial charge is 0.230 e. The number of amides is 1. The molecule has 2 N–H and O–H groups in total. The van der Waals surface area contributed by atoms with Gasteiger partial charge in [0.25, 0.3) is 0 Å². The van der Waals surface area contributed by atoms with Gasteiger partial charge in [-0.15, -0.1) is 11.8 Å². The molecule has 116 valence electrons. The number of carbonyl (C=O) groups is 1. The summed E-state index contributed by atoms with van der Waals surface area (Å²) in [6.45, 7) is 0.860. The second kappa shape index (κ2) is 8.39. The van der Waals surface area contributed by atoms with Gasteiger partial charge >= 0.3 is 0 Å². The molecule has 1 aromatic rings. The highest BCUT2D eigenvalue weighted by atomic mass is 32.2. The Kier molecular flexibility index (Phi) is 6.51. The van der Waals surface area contributed by atoms with E-state index in [2.05, 4.69) is 5.32 Å². The maximum atomic E-state index is 12.8. The lowest BCUT2D eigenvalue weighted by Crippen LogP contribution is -2.36.